The molecular weight excluding hydrogens is 208 g/mol. The summed E-state index contributed by atoms with van der Waals surface area (Å²) in [5, 5.41) is 0. The molecule has 0 aromatic carbocycles. The second kappa shape index (κ2) is 3.39. The smallest absolute Gasteiger partial charge is 0.190 e. The zero-order valence-corrected chi connectivity index (χ0v) is 9.51. The van der Waals surface area contributed by atoms with Crippen LogP contribution in [0.25, 0.3) is 0 Å². The van der Waals surface area contributed by atoms with Crippen molar-refractivity contribution in [3.8, 4) is 0 Å². The molecule has 4 heteroatoms. The van der Waals surface area contributed by atoms with Crippen LogP contribution in [0.1, 0.15) is 20.3 Å². The normalized spacial score (nSPS) is 50.1. The molecule has 16 heavy (non-hydrogen) atoms. The monoisotopic (exact) mass is 224 g/mol. The van der Waals surface area contributed by atoms with Crippen molar-refractivity contribution in [2.45, 2.75) is 44.4 Å². The summed E-state index contributed by atoms with van der Waals surface area (Å²) in [6.45, 7) is 4.19. The van der Waals surface area contributed by atoms with Gasteiger partial charge in [-0.25, -0.2) is 0 Å². The van der Waals surface area contributed by atoms with Crippen molar-refractivity contribution in [2.75, 3.05) is 6.61 Å². The highest BCUT2D eigenvalue weighted by molar-refractivity contribution is 5.80. The van der Waals surface area contributed by atoms with E-state index in [0.717, 1.165) is 0 Å². The van der Waals surface area contributed by atoms with Crippen LogP contribution in [0.15, 0.2) is 12.2 Å². The van der Waals surface area contributed by atoms with Crippen LogP contribution in [0.5, 0.6) is 0 Å². The lowest BCUT2D eigenvalue weighted by Crippen LogP contribution is -2.40. The van der Waals surface area contributed by atoms with Crippen molar-refractivity contribution in [1.82, 2.24) is 0 Å². The van der Waals surface area contributed by atoms with Crippen molar-refractivity contribution in [1.29, 1.82) is 0 Å². The third-order valence-electron chi connectivity index (χ3n) is 3.62. The average molecular weight is 224 g/mol. The Morgan fingerprint density at radius 1 is 1.50 bits per heavy atom. The van der Waals surface area contributed by atoms with Crippen molar-refractivity contribution in [3.63, 3.8) is 0 Å². The fraction of sp³-hybridized carbons (Fsp3) is 0.750. The van der Waals surface area contributed by atoms with Crippen LogP contribution in [0.2, 0.25) is 0 Å². The van der Waals surface area contributed by atoms with E-state index in [-0.39, 0.29) is 30.2 Å². The van der Waals surface area contributed by atoms with Crippen LogP contribution in [-0.2, 0) is 19.0 Å². The minimum absolute atomic E-state index is 0.0342. The van der Waals surface area contributed by atoms with Crippen molar-refractivity contribution in [3.05, 3.63) is 12.2 Å². The number of rotatable bonds is 2. The molecule has 5 atom stereocenters. The fourth-order valence-corrected chi connectivity index (χ4v) is 2.76. The molecule has 0 N–H and O–H groups in total. The SMILES string of the molecule is CC(=O)C1CC2(C3OCC(C)O3)C=CC1O2. The Balaban J connectivity index is 1.81. The largest absolute Gasteiger partial charge is 0.358 e. The molecule has 0 amide bonds. The Kier molecular flexibility index (Phi) is 2.21. The predicted molar refractivity (Wildman–Crippen MR) is 55.8 cm³/mol. The zero-order valence-electron chi connectivity index (χ0n) is 9.51. The van der Waals surface area contributed by atoms with E-state index < -0.39 is 5.60 Å². The van der Waals surface area contributed by atoms with E-state index in [1.54, 1.807) is 6.92 Å². The van der Waals surface area contributed by atoms with Crippen LogP contribution in [0, 0.1) is 5.92 Å². The lowest BCUT2D eigenvalue weighted by atomic mass is 9.84. The number of Topliss-reactive ketones (excluding diaryl/α,β-unsaturated/α-hetero) is 1. The van der Waals surface area contributed by atoms with Gasteiger partial charge in [-0.1, -0.05) is 6.08 Å². The molecule has 0 radical (unpaired) electrons. The molecule has 3 heterocycles. The number of ketones is 1. The summed E-state index contributed by atoms with van der Waals surface area (Å²) in [6.07, 6.45) is 4.31. The molecule has 4 nitrogen and oxygen atoms in total. The molecule has 3 aliphatic heterocycles. The second-order valence-corrected chi connectivity index (χ2v) is 4.93. The number of ether oxygens (including phenoxy) is 3. The summed E-state index contributed by atoms with van der Waals surface area (Å²) in [7, 11) is 0. The number of carbonyl (C=O) groups excluding carboxylic acids is 1. The molecule has 3 rings (SSSR count). The van der Waals surface area contributed by atoms with E-state index in [9.17, 15) is 4.79 Å². The Morgan fingerprint density at radius 2 is 2.31 bits per heavy atom. The molecule has 0 spiro atoms. The molecule has 88 valence electrons. The highest BCUT2D eigenvalue weighted by Gasteiger charge is 2.56. The van der Waals surface area contributed by atoms with Gasteiger partial charge in [0.05, 0.1) is 24.7 Å². The predicted octanol–water partition coefficient (Wildman–Crippen LogP) is 1.05. The number of hydrogen-bond acceptors (Lipinski definition) is 4. The molecule has 0 saturated carbocycles. The van der Waals surface area contributed by atoms with Gasteiger partial charge >= 0.3 is 0 Å². The van der Waals surface area contributed by atoms with Crippen molar-refractivity contribution >= 4 is 5.78 Å². The first-order chi connectivity index (χ1) is 7.61. The molecule has 2 saturated heterocycles. The van der Waals surface area contributed by atoms with E-state index in [2.05, 4.69) is 0 Å². The van der Waals surface area contributed by atoms with E-state index >= 15 is 0 Å². The first kappa shape index (κ1) is 10.4. The number of fused-ring (bicyclic) bond motifs is 2. The fourth-order valence-electron chi connectivity index (χ4n) is 2.76. The first-order valence-electron chi connectivity index (χ1n) is 5.75. The summed E-state index contributed by atoms with van der Waals surface area (Å²) in [6, 6.07) is 0. The van der Waals surface area contributed by atoms with Crippen LogP contribution in [0.4, 0.5) is 0 Å². The molecule has 0 aliphatic carbocycles. The van der Waals surface area contributed by atoms with E-state index in [4.69, 9.17) is 14.2 Å². The molecule has 0 aromatic rings. The molecule has 2 fully saturated rings. The topological polar surface area (TPSA) is 44.8 Å². The lowest BCUT2D eigenvalue weighted by molar-refractivity contribution is -0.170. The zero-order chi connectivity index (χ0) is 11.3. The van der Waals surface area contributed by atoms with Gasteiger partial charge in [-0.05, 0) is 26.3 Å². The number of carbonyl (C=O) groups is 1. The van der Waals surface area contributed by atoms with E-state index in [1.807, 2.05) is 19.1 Å². The standard InChI is InChI=1S/C12H16O4/c1-7-6-14-11(15-7)12-4-3-10(16-12)9(5-12)8(2)13/h3-4,7,9-11H,5-6H2,1-2H3. The Morgan fingerprint density at radius 3 is 2.88 bits per heavy atom. The van der Waals surface area contributed by atoms with Gasteiger partial charge in [-0.15, -0.1) is 0 Å². The summed E-state index contributed by atoms with van der Waals surface area (Å²) in [5.74, 6) is 0.148. The van der Waals surface area contributed by atoms with Crippen molar-refractivity contribution < 1.29 is 19.0 Å². The van der Waals surface area contributed by atoms with Gasteiger partial charge < -0.3 is 14.2 Å². The van der Waals surface area contributed by atoms with Crippen LogP contribution in [0.3, 0.4) is 0 Å². The first-order valence-corrected chi connectivity index (χ1v) is 5.75. The molecule has 2 bridgehead atoms. The van der Waals surface area contributed by atoms with Gasteiger partial charge in [-0.2, -0.15) is 0 Å². The van der Waals surface area contributed by atoms with E-state index in [0.29, 0.717) is 13.0 Å². The Hall–Kier alpha value is -0.710. The van der Waals surface area contributed by atoms with Crippen LogP contribution in [-0.4, -0.2) is 36.5 Å². The third kappa shape index (κ3) is 1.37. The minimum atomic E-state index is -0.522. The quantitative estimate of drug-likeness (QED) is 0.658. The summed E-state index contributed by atoms with van der Waals surface area (Å²) >= 11 is 0. The summed E-state index contributed by atoms with van der Waals surface area (Å²) in [5.41, 5.74) is -0.522. The third-order valence-corrected chi connectivity index (χ3v) is 3.62. The average Bonchev–Trinajstić information content (AvgIpc) is 2.90. The molecule has 5 unspecified atom stereocenters. The molecule has 0 aromatic heterocycles. The highest BCUT2D eigenvalue weighted by Crippen LogP contribution is 2.46. The van der Waals surface area contributed by atoms with Gasteiger partial charge in [0, 0.05) is 0 Å². The maximum absolute atomic E-state index is 11.5. The van der Waals surface area contributed by atoms with Crippen LogP contribution < -0.4 is 0 Å². The minimum Gasteiger partial charge on any atom is -0.358 e. The maximum atomic E-state index is 11.5. The van der Waals surface area contributed by atoms with Crippen molar-refractivity contribution in [2.24, 2.45) is 5.92 Å². The molecular formula is C12H16O4. The van der Waals surface area contributed by atoms with E-state index in [1.165, 1.54) is 0 Å². The Bertz CT molecular complexity index is 351. The van der Waals surface area contributed by atoms with Gasteiger partial charge in [0.25, 0.3) is 0 Å². The maximum Gasteiger partial charge on any atom is 0.190 e. The number of hydrogen-bond donors (Lipinski definition) is 0. The second-order valence-electron chi connectivity index (χ2n) is 4.93. The summed E-state index contributed by atoms with van der Waals surface area (Å²) in [4.78, 5) is 11.5. The Labute approximate surface area is 94.5 Å². The molecule has 3 aliphatic rings. The van der Waals surface area contributed by atoms with Gasteiger partial charge in [-0.3, -0.25) is 4.79 Å². The lowest BCUT2D eigenvalue weighted by Gasteiger charge is -2.28. The summed E-state index contributed by atoms with van der Waals surface area (Å²) < 4.78 is 17.2. The van der Waals surface area contributed by atoms with Gasteiger partial charge in [0.15, 0.2) is 6.29 Å². The van der Waals surface area contributed by atoms with Gasteiger partial charge in [0.2, 0.25) is 0 Å². The van der Waals surface area contributed by atoms with Gasteiger partial charge in [0.1, 0.15) is 11.4 Å². The van der Waals surface area contributed by atoms with Crippen LogP contribution >= 0.6 is 0 Å². The highest BCUT2D eigenvalue weighted by atomic mass is 16.7.